The second kappa shape index (κ2) is 5.65. The van der Waals surface area contributed by atoms with E-state index in [0.29, 0.717) is 11.1 Å². The highest BCUT2D eigenvalue weighted by molar-refractivity contribution is 8.14. The third kappa shape index (κ3) is 3.30. The van der Waals surface area contributed by atoms with Crippen LogP contribution in [0.15, 0.2) is 23.2 Å². The Bertz CT molecular complexity index is 437. The van der Waals surface area contributed by atoms with Crippen LogP contribution in [0.4, 0.5) is 5.69 Å². The first-order valence-electron chi connectivity index (χ1n) is 5.50. The molecule has 1 N–H and O–H groups in total. The predicted molar refractivity (Wildman–Crippen MR) is 75.6 cm³/mol. The summed E-state index contributed by atoms with van der Waals surface area (Å²) in [6, 6.07) is 5.89. The molecule has 1 unspecified atom stereocenters. The number of hydrogen-bond acceptors (Lipinski definition) is 4. The number of benzene rings is 1. The molecular weight excluding hydrogens is 256 g/mol. The molecule has 92 valence electrons. The Morgan fingerprint density at radius 2 is 2.35 bits per heavy atom. The molecule has 0 saturated carbocycles. The fourth-order valence-electron chi connectivity index (χ4n) is 1.59. The van der Waals surface area contributed by atoms with Gasteiger partial charge in [0.05, 0.1) is 18.8 Å². The van der Waals surface area contributed by atoms with Crippen molar-refractivity contribution in [3.05, 3.63) is 23.2 Å². The third-order valence-corrected chi connectivity index (χ3v) is 3.67. The quantitative estimate of drug-likeness (QED) is 0.891. The Morgan fingerprint density at radius 3 is 3.06 bits per heavy atom. The summed E-state index contributed by atoms with van der Waals surface area (Å²) >= 11 is 7.71. The largest absolute Gasteiger partial charge is 0.495 e. The Labute approximate surface area is 111 Å². The monoisotopic (exact) mass is 270 g/mol. The van der Waals surface area contributed by atoms with Crippen LogP contribution in [0.3, 0.4) is 0 Å². The van der Waals surface area contributed by atoms with Crippen LogP contribution in [0.1, 0.15) is 13.3 Å². The zero-order chi connectivity index (χ0) is 12.3. The highest BCUT2D eigenvalue weighted by Crippen LogP contribution is 2.29. The minimum atomic E-state index is 0.379. The molecule has 0 radical (unpaired) electrons. The van der Waals surface area contributed by atoms with Crippen molar-refractivity contribution in [2.75, 3.05) is 18.2 Å². The summed E-state index contributed by atoms with van der Waals surface area (Å²) in [5.41, 5.74) is 0.861. The number of rotatable bonds is 2. The van der Waals surface area contributed by atoms with Crippen LogP contribution in [0.2, 0.25) is 5.02 Å². The van der Waals surface area contributed by atoms with Crippen LogP contribution in [0.5, 0.6) is 5.75 Å². The number of nitrogens with zero attached hydrogens (tertiary/aromatic N) is 1. The average molecular weight is 271 g/mol. The van der Waals surface area contributed by atoms with Crippen molar-refractivity contribution >= 4 is 34.2 Å². The summed E-state index contributed by atoms with van der Waals surface area (Å²) < 4.78 is 5.28. The van der Waals surface area contributed by atoms with E-state index in [9.17, 15) is 0 Å². The van der Waals surface area contributed by atoms with Gasteiger partial charge in [-0.05, 0) is 31.5 Å². The van der Waals surface area contributed by atoms with Gasteiger partial charge in [0, 0.05) is 10.8 Å². The fourth-order valence-corrected chi connectivity index (χ4v) is 2.85. The number of methoxy groups -OCH3 is 1. The van der Waals surface area contributed by atoms with E-state index in [1.54, 1.807) is 18.9 Å². The van der Waals surface area contributed by atoms with Crippen LogP contribution in [0.25, 0.3) is 0 Å². The maximum Gasteiger partial charge on any atom is 0.161 e. The fraction of sp³-hybridized carbons (Fsp3) is 0.417. The molecule has 5 heteroatoms. The highest BCUT2D eigenvalue weighted by atomic mass is 35.5. The summed E-state index contributed by atoms with van der Waals surface area (Å²) in [4.78, 5) is 4.55. The lowest BCUT2D eigenvalue weighted by molar-refractivity contribution is 0.417. The number of thioether (sulfide) groups is 1. The van der Waals surface area contributed by atoms with E-state index in [-0.39, 0.29) is 0 Å². The Balaban J connectivity index is 2.20. The van der Waals surface area contributed by atoms with Gasteiger partial charge in [0.15, 0.2) is 5.17 Å². The molecular formula is C12H15ClN2OS. The summed E-state index contributed by atoms with van der Waals surface area (Å²) in [5, 5.41) is 4.89. The second-order valence-corrected chi connectivity index (χ2v) is 5.41. The van der Waals surface area contributed by atoms with Crippen molar-refractivity contribution in [3.8, 4) is 5.75 Å². The van der Waals surface area contributed by atoms with Gasteiger partial charge in [0.25, 0.3) is 0 Å². The normalized spacial score (nSPS) is 19.7. The molecule has 0 amide bonds. The first kappa shape index (κ1) is 12.6. The Kier molecular flexibility index (Phi) is 4.18. The van der Waals surface area contributed by atoms with E-state index in [1.807, 2.05) is 18.2 Å². The van der Waals surface area contributed by atoms with Gasteiger partial charge < -0.3 is 10.1 Å². The average Bonchev–Trinajstić information content (AvgIpc) is 2.29. The molecule has 0 saturated heterocycles. The first-order valence-corrected chi connectivity index (χ1v) is 6.86. The topological polar surface area (TPSA) is 33.6 Å². The van der Waals surface area contributed by atoms with Gasteiger partial charge in [-0.3, -0.25) is 4.99 Å². The van der Waals surface area contributed by atoms with Crippen LogP contribution < -0.4 is 10.1 Å². The van der Waals surface area contributed by atoms with Gasteiger partial charge in [0.1, 0.15) is 5.75 Å². The molecule has 1 atom stereocenters. The number of nitrogens with one attached hydrogen (secondary N) is 1. The molecule has 0 spiro atoms. The number of aliphatic imine (C=N–C) groups is 1. The molecule has 1 aliphatic heterocycles. The van der Waals surface area contributed by atoms with Crippen LogP contribution in [-0.4, -0.2) is 24.1 Å². The number of amidine groups is 1. The van der Waals surface area contributed by atoms with Gasteiger partial charge in [-0.2, -0.15) is 0 Å². The molecule has 0 aromatic heterocycles. The van der Waals surface area contributed by atoms with Crippen molar-refractivity contribution in [1.29, 1.82) is 0 Å². The molecule has 1 aliphatic rings. The summed E-state index contributed by atoms with van der Waals surface area (Å²) in [6.45, 7) is 2.12. The maximum absolute atomic E-state index is 5.98. The maximum atomic E-state index is 5.98. The van der Waals surface area contributed by atoms with Crippen molar-refractivity contribution in [2.45, 2.75) is 19.4 Å². The minimum Gasteiger partial charge on any atom is -0.495 e. The zero-order valence-corrected chi connectivity index (χ0v) is 11.4. The van der Waals surface area contributed by atoms with E-state index in [4.69, 9.17) is 16.3 Å². The standard InChI is InChI=1S/C12H15ClN2OS/c1-8-5-6-17-12(14-8)15-10-7-9(13)3-4-11(10)16-2/h3-4,7-8H,5-6H2,1-2H3,(H,14,15). The Morgan fingerprint density at radius 1 is 1.53 bits per heavy atom. The minimum absolute atomic E-state index is 0.379. The van der Waals surface area contributed by atoms with Crippen molar-refractivity contribution in [2.24, 2.45) is 4.99 Å². The summed E-state index contributed by atoms with van der Waals surface area (Å²) in [7, 11) is 1.65. The number of halogens is 1. The van der Waals surface area contributed by atoms with Crippen LogP contribution in [0, 0.1) is 0 Å². The lowest BCUT2D eigenvalue weighted by atomic mass is 10.3. The molecule has 0 bridgehead atoms. The van der Waals surface area contributed by atoms with E-state index >= 15 is 0 Å². The highest BCUT2D eigenvalue weighted by Gasteiger charge is 2.13. The van der Waals surface area contributed by atoms with Crippen LogP contribution in [-0.2, 0) is 0 Å². The molecule has 0 fully saturated rings. The van der Waals surface area contributed by atoms with Crippen LogP contribution >= 0.6 is 23.4 Å². The lowest BCUT2D eigenvalue weighted by Crippen LogP contribution is -2.18. The number of ether oxygens (including phenoxy) is 1. The molecule has 0 aliphatic carbocycles. The summed E-state index contributed by atoms with van der Waals surface area (Å²) in [5.74, 6) is 1.87. The van der Waals surface area contributed by atoms with Gasteiger partial charge in [0.2, 0.25) is 0 Å². The first-order chi connectivity index (χ1) is 8.19. The molecule has 1 aromatic carbocycles. The van der Waals surface area contributed by atoms with Gasteiger partial charge >= 0.3 is 0 Å². The molecule has 1 aromatic rings. The van der Waals surface area contributed by atoms with E-state index in [1.165, 1.54) is 0 Å². The van der Waals surface area contributed by atoms with E-state index in [2.05, 4.69) is 17.2 Å². The van der Waals surface area contributed by atoms with Crippen molar-refractivity contribution in [3.63, 3.8) is 0 Å². The Hall–Kier alpha value is -0.870. The van der Waals surface area contributed by atoms with Gasteiger partial charge in [-0.25, -0.2) is 0 Å². The van der Waals surface area contributed by atoms with Crippen molar-refractivity contribution in [1.82, 2.24) is 0 Å². The van der Waals surface area contributed by atoms with Gasteiger partial charge in [-0.15, -0.1) is 0 Å². The van der Waals surface area contributed by atoms with E-state index < -0.39 is 0 Å². The SMILES string of the molecule is COc1ccc(Cl)cc1NC1=NC(C)CCS1. The number of hydrogen-bond donors (Lipinski definition) is 1. The number of anilines is 1. The zero-order valence-electron chi connectivity index (χ0n) is 9.87. The third-order valence-electron chi connectivity index (χ3n) is 2.52. The van der Waals surface area contributed by atoms with Crippen molar-refractivity contribution < 1.29 is 4.74 Å². The molecule has 1 heterocycles. The predicted octanol–water partition coefficient (Wildman–Crippen LogP) is 3.64. The van der Waals surface area contributed by atoms with Gasteiger partial charge in [-0.1, -0.05) is 23.4 Å². The smallest absolute Gasteiger partial charge is 0.161 e. The second-order valence-electron chi connectivity index (χ2n) is 3.89. The summed E-state index contributed by atoms with van der Waals surface area (Å²) in [6.07, 6.45) is 1.13. The molecule has 2 rings (SSSR count). The molecule has 3 nitrogen and oxygen atoms in total. The lowest BCUT2D eigenvalue weighted by Gasteiger charge is -2.18. The molecule has 17 heavy (non-hydrogen) atoms. The van der Waals surface area contributed by atoms with E-state index in [0.717, 1.165) is 28.8 Å².